The van der Waals surface area contributed by atoms with Gasteiger partial charge in [0, 0.05) is 13.0 Å². The lowest BCUT2D eigenvalue weighted by atomic mass is 10.0. The van der Waals surface area contributed by atoms with Crippen molar-refractivity contribution in [2.75, 3.05) is 13.2 Å². The zero-order valence-electron chi connectivity index (χ0n) is 15.5. The number of carbonyl (C=O) groups is 3. The van der Waals surface area contributed by atoms with Crippen LogP contribution in [-0.2, 0) is 16.1 Å². The molecule has 1 fully saturated rings. The van der Waals surface area contributed by atoms with Crippen LogP contribution in [-0.4, -0.2) is 41.8 Å². The van der Waals surface area contributed by atoms with Crippen molar-refractivity contribution in [3.63, 3.8) is 0 Å². The van der Waals surface area contributed by atoms with E-state index in [1.165, 1.54) is 0 Å². The topological polar surface area (TPSA) is 102 Å². The maximum atomic E-state index is 12.9. The Hall–Kier alpha value is -2.41. The fraction of sp³-hybridized carbons (Fsp3) is 0.550. The minimum absolute atomic E-state index is 0.196. The second-order valence-electron chi connectivity index (χ2n) is 7.10. The van der Waals surface area contributed by atoms with Crippen LogP contribution in [0.2, 0.25) is 0 Å². The molecule has 0 saturated carbocycles. The first kappa shape index (κ1) is 19.4. The molecular formula is C20H27N3O4. The summed E-state index contributed by atoms with van der Waals surface area (Å²) in [6.45, 7) is 1.67. The van der Waals surface area contributed by atoms with E-state index in [9.17, 15) is 14.4 Å². The number of rotatable bonds is 9. The van der Waals surface area contributed by atoms with E-state index in [1.807, 2.05) is 12.1 Å². The van der Waals surface area contributed by atoms with E-state index < -0.39 is 11.9 Å². The molecule has 3 rings (SSSR count). The van der Waals surface area contributed by atoms with Crippen molar-refractivity contribution in [3.05, 3.63) is 29.3 Å². The van der Waals surface area contributed by atoms with Gasteiger partial charge in [-0.1, -0.05) is 31.4 Å². The third-order valence-electron chi connectivity index (χ3n) is 5.12. The lowest BCUT2D eigenvalue weighted by Crippen LogP contribution is -2.52. The molecule has 0 spiro atoms. The van der Waals surface area contributed by atoms with Gasteiger partial charge in [0.05, 0.1) is 12.2 Å². The number of amides is 3. The number of ether oxygens (including phenoxy) is 1. The zero-order valence-corrected chi connectivity index (χ0v) is 15.5. The molecule has 0 bridgehead atoms. The maximum absolute atomic E-state index is 12.9. The predicted octanol–water partition coefficient (Wildman–Crippen LogP) is 1.74. The highest BCUT2D eigenvalue weighted by atomic mass is 16.5. The molecule has 1 aromatic rings. The van der Waals surface area contributed by atoms with Gasteiger partial charge in [0.2, 0.25) is 11.8 Å². The van der Waals surface area contributed by atoms with Crippen molar-refractivity contribution < 1.29 is 19.1 Å². The molecule has 1 atom stereocenters. The fourth-order valence-corrected chi connectivity index (χ4v) is 3.66. The molecule has 3 amide bonds. The summed E-state index contributed by atoms with van der Waals surface area (Å²) in [7, 11) is 0. The number of unbranched alkanes of at least 4 members (excludes halogenated alkanes) is 4. The summed E-state index contributed by atoms with van der Waals surface area (Å²) in [6, 6.07) is 4.96. The number of benzene rings is 1. The van der Waals surface area contributed by atoms with E-state index in [1.54, 1.807) is 11.0 Å². The largest absolute Gasteiger partial charge is 0.493 e. The second kappa shape index (κ2) is 8.99. The number of imide groups is 1. The Morgan fingerprint density at radius 2 is 1.89 bits per heavy atom. The standard InChI is InChI=1S/C20H27N3O4/c21-11-4-2-1-3-5-12-27-16-8-6-7-14-13-23(20(26)18(14)16)15-9-10-17(24)22-19(15)25/h6-8,15H,1-5,9-13,21H2,(H,22,24,25). The molecule has 0 radical (unpaired) electrons. The molecule has 1 aromatic carbocycles. The molecule has 2 heterocycles. The number of fused-ring (bicyclic) bond motifs is 1. The molecule has 7 heteroatoms. The predicted molar refractivity (Wildman–Crippen MR) is 100 cm³/mol. The number of hydrogen-bond acceptors (Lipinski definition) is 5. The van der Waals surface area contributed by atoms with Crippen LogP contribution in [0.15, 0.2) is 18.2 Å². The molecule has 1 saturated heterocycles. The normalized spacial score (nSPS) is 19.2. The van der Waals surface area contributed by atoms with Gasteiger partial charge in [-0.25, -0.2) is 0 Å². The van der Waals surface area contributed by atoms with E-state index >= 15 is 0 Å². The van der Waals surface area contributed by atoms with Gasteiger partial charge >= 0.3 is 0 Å². The lowest BCUT2D eigenvalue weighted by molar-refractivity contribution is -0.136. The summed E-state index contributed by atoms with van der Waals surface area (Å²) in [5.41, 5.74) is 6.90. The first-order valence-corrected chi connectivity index (χ1v) is 9.71. The number of nitrogens with zero attached hydrogens (tertiary/aromatic N) is 1. The van der Waals surface area contributed by atoms with Crippen molar-refractivity contribution in [1.29, 1.82) is 0 Å². The van der Waals surface area contributed by atoms with E-state index in [0.29, 0.717) is 30.9 Å². The first-order chi connectivity index (χ1) is 13.1. The van der Waals surface area contributed by atoms with E-state index in [2.05, 4.69) is 5.32 Å². The van der Waals surface area contributed by atoms with Crippen LogP contribution >= 0.6 is 0 Å². The van der Waals surface area contributed by atoms with Crippen LogP contribution in [0.1, 0.15) is 60.9 Å². The summed E-state index contributed by atoms with van der Waals surface area (Å²) in [6.07, 6.45) is 5.95. The van der Waals surface area contributed by atoms with Crippen LogP contribution in [0.5, 0.6) is 5.75 Å². The van der Waals surface area contributed by atoms with Crippen molar-refractivity contribution in [3.8, 4) is 5.75 Å². The average Bonchev–Trinajstić information content (AvgIpc) is 2.98. The molecule has 2 aliphatic heterocycles. The van der Waals surface area contributed by atoms with Gasteiger partial charge in [-0.15, -0.1) is 0 Å². The van der Waals surface area contributed by atoms with Crippen LogP contribution in [0, 0.1) is 0 Å². The fourth-order valence-electron chi connectivity index (χ4n) is 3.66. The Labute approximate surface area is 159 Å². The van der Waals surface area contributed by atoms with Crippen LogP contribution in [0.3, 0.4) is 0 Å². The Bertz CT molecular complexity index is 719. The highest BCUT2D eigenvalue weighted by Crippen LogP contribution is 2.33. The number of piperidine rings is 1. The van der Waals surface area contributed by atoms with Gasteiger partial charge in [-0.05, 0) is 37.4 Å². The minimum atomic E-state index is -0.599. The summed E-state index contributed by atoms with van der Waals surface area (Å²) in [5.74, 6) is -0.296. The van der Waals surface area contributed by atoms with Crippen molar-refractivity contribution in [2.24, 2.45) is 5.73 Å². The number of nitrogens with two attached hydrogens (primary N) is 1. The molecule has 0 aliphatic carbocycles. The van der Waals surface area contributed by atoms with Crippen molar-refractivity contribution >= 4 is 17.7 Å². The molecular weight excluding hydrogens is 346 g/mol. The Morgan fingerprint density at radius 1 is 1.11 bits per heavy atom. The van der Waals surface area contributed by atoms with Crippen molar-refractivity contribution in [2.45, 2.75) is 57.5 Å². The number of nitrogens with one attached hydrogen (secondary N) is 1. The van der Waals surface area contributed by atoms with E-state index in [4.69, 9.17) is 10.5 Å². The summed E-state index contributed by atoms with van der Waals surface area (Å²) < 4.78 is 5.88. The summed E-state index contributed by atoms with van der Waals surface area (Å²) >= 11 is 0. The molecule has 3 N–H and O–H groups in total. The SMILES string of the molecule is NCCCCCCCOc1cccc2c1C(=O)N(C1CCC(=O)NC1=O)C2. The van der Waals surface area contributed by atoms with Gasteiger partial charge < -0.3 is 15.4 Å². The van der Waals surface area contributed by atoms with Gasteiger partial charge in [0.25, 0.3) is 5.91 Å². The number of hydrogen-bond donors (Lipinski definition) is 2. The van der Waals surface area contributed by atoms with Gasteiger partial charge in [0.15, 0.2) is 0 Å². The zero-order chi connectivity index (χ0) is 19.2. The quantitative estimate of drug-likeness (QED) is 0.507. The molecule has 7 nitrogen and oxygen atoms in total. The monoisotopic (exact) mass is 373 g/mol. The molecule has 2 aliphatic rings. The maximum Gasteiger partial charge on any atom is 0.258 e. The Balaban J connectivity index is 1.59. The van der Waals surface area contributed by atoms with Crippen LogP contribution in [0.4, 0.5) is 0 Å². The molecule has 27 heavy (non-hydrogen) atoms. The smallest absolute Gasteiger partial charge is 0.258 e. The minimum Gasteiger partial charge on any atom is -0.493 e. The van der Waals surface area contributed by atoms with Gasteiger partial charge in [-0.3, -0.25) is 19.7 Å². The summed E-state index contributed by atoms with van der Waals surface area (Å²) in [4.78, 5) is 38.0. The van der Waals surface area contributed by atoms with Crippen LogP contribution in [0.25, 0.3) is 0 Å². The second-order valence-corrected chi connectivity index (χ2v) is 7.10. The highest BCUT2D eigenvalue weighted by Gasteiger charge is 2.40. The number of carbonyl (C=O) groups excluding carboxylic acids is 3. The highest BCUT2D eigenvalue weighted by molar-refractivity contribution is 6.06. The third kappa shape index (κ3) is 4.47. The van der Waals surface area contributed by atoms with Gasteiger partial charge in [-0.2, -0.15) is 0 Å². The Kier molecular flexibility index (Phi) is 6.45. The lowest BCUT2D eigenvalue weighted by Gasteiger charge is -2.29. The Morgan fingerprint density at radius 3 is 2.67 bits per heavy atom. The molecule has 146 valence electrons. The van der Waals surface area contributed by atoms with E-state index in [0.717, 1.165) is 44.2 Å². The molecule has 0 aromatic heterocycles. The molecule has 1 unspecified atom stereocenters. The van der Waals surface area contributed by atoms with Crippen LogP contribution < -0.4 is 15.8 Å². The van der Waals surface area contributed by atoms with E-state index in [-0.39, 0.29) is 18.2 Å². The average molecular weight is 373 g/mol. The van der Waals surface area contributed by atoms with Gasteiger partial charge in [0.1, 0.15) is 11.8 Å². The first-order valence-electron chi connectivity index (χ1n) is 9.71. The summed E-state index contributed by atoms with van der Waals surface area (Å²) in [5, 5.41) is 2.32. The van der Waals surface area contributed by atoms with Crippen molar-refractivity contribution in [1.82, 2.24) is 10.2 Å². The third-order valence-corrected chi connectivity index (χ3v) is 5.12.